The van der Waals surface area contributed by atoms with Gasteiger partial charge in [0.25, 0.3) is 0 Å². The Hall–Kier alpha value is -1.81. The van der Waals surface area contributed by atoms with E-state index in [1.54, 1.807) is 0 Å². The number of fused-ring (bicyclic) bond motifs is 1. The second kappa shape index (κ2) is 5.53. The number of hydrogen-bond acceptors (Lipinski definition) is 3. The van der Waals surface area contributed by atoms with E-state index in [1.165, 1.54) is 18.2 Å². The quantitative estimate of drug-likeness (QED) is 0.864. The summed E-state index contributed by atoms with van der Waals surface area (Å²) in [6, 6.07) is 16.0. The van der Waals surface area contributed by atoms with Crippen LogP contribution in [0.4, 0.5) is 5.69 Å². The number of carbonyl (C=O) groups is 1. The van der Waals surface area contributed by atoms with Crippen LogP contribution in [0, 0.1) is 0 Å². The molecule has 1 aliphatic rings. The Morgan fingerprint density at radius 2 is 1.67 bits per heavy atom. The molecule has 2 aromatic carbocycles. The highest BCUT2D eigenvalue weighted by atomic mass is 79.9. The number of anilines is 1. The van der Waals surface area contributed by atoms with Crippen molar-refractivity contribution in [3.05, 3.63) is 64.1 Å². The summed E-state index contributed by atoms with van der Waals surface area (Å²) in [5.74, 6) is -0.227. The normalized spacial score (nSPS) is 15.3. The molecule has 1 aliphatic carbocycles. The molecule has 0 aromatic heterocycles. The minimum atomic E-state index is -0.734. The summed E-state index contributed by atoms with van der Waals surface area (Å²) >= 11 is 3.52. The number of esters is 1. The fourth-order valence-electron chi connectivity index (χ4n) is 2.91. The molecule has 0 atom stereocenters. The first kappa shape index (κ1) is 14.1. The van der Waals surface area contributed by atoms with E-state index in [0.717, 1.165) is 10.2 Å². The van der Waals surface area contributed by atoms with Gasteiger partial charge in [-0.15, -0.1) is 0 Å². The van der Waals surface area contributed by atoms with Gasteiger partial charge in [-0.1, -0.05) is 36.4 Å². The first-order chi connectivity index (χ1) is 10.1. The van der Waals surface area contributed by atoms with Gasteiger partial charge in [0.2, 0.25) is 0 Å². The molecule has 108 valence electrons. The number of ether oxygens (including phenoxy) is 1. The van der Waals surface area contributed by atoms with Crippen LogP contribution in [-0.2, 0) is 22.4 Å². The van der Waals surface area contributed by atoms with Crippen molar-refractivity contribution in [2.75, 3.05) is 12.4 Å². The van der Waals surface area contributed by atoms with E-state index in [2.05, 4.69) is 33.4 Å². The first-order valence-corrected chi connectivity index (χ1v) is 7.62. The maximum atomic E-state index is 12.4. The molecule has 0 bridgehead atoms. The van der Waals surface area contributed by atoms with Crippen LogP contribution in [-0.4, -0.2) is 18.6 Å². The van der Waals surface area contributed by atoms with Crippen LogP contribution in [0.1, 0.15) is 11.1 Å². The Labute approximate surface area is 132 Å². The van der Waals surface area contributed by atoms with E-state index < -0.39 is 5.54 Å². The van der Waals surface area contributed by atoms with Crippen molar-refractivity contribution < 1.29 is 9.53 Å². The maximum absolute atomic E-state index is 12.4. The van der Waals surface area contributed by atoms with Crippen molar-refractivity contribution in [1.82, 2.24) is 0 Å². The van der Waals surface area contributed by atoms with E-state index in [-0.39, 0.29) is 5.97 Å². The minimum absolute atomic E-state index is 0.227. The van der Waals surface area contributed by atoms with Crippen molar-refractivity contribution >= 4 is 27.6 Å². The third-order valence-electron chi connectivity index (χ3n) is 3.93. The summed E-state index contributed by atoms with van der Waals surface area (Å²) in [5.41, 5.74) is 2.56. The molecule has 0 radical (unpaired) electrons. The van der Waals surface area contributed by atoms with Gasteiger partial charge in [0.05, 0.1) is 7.11 Å². The lowest BCUT2D eigenvalue weighted by molar-refractivity contribution is -0.145. The largest absolute Gasteiger partial charge is 0.467 e. The molecule has 0 fully saturated rings. The number of hydrogen-bond donors (Lipinski definition) is 1. The van der Waals surface area contributed by atoms with E-state index in [0.29, 0.717) is 12.8 Å². The Balaban J connectivity index is 1.98. The molecule has 0 aliphatic heterocycles. The summed E-state index contributed by atoms with van der Waals surface area (Å²) in [5, 5.41) is 3.40. The van der Waals surface area contributed by atoms with Gasteiger partial charge in [0.15, 0.2) is 0 Å². The maximum Gasteiger partial charge on any atom is 0.332 e. The van der Waals surface area contributed by atoms with Crippen molar-refractivity contribution in [2.45, 2.75) is 18.4 Å². The predicted octanol–water partition coefficient (Wildman–Crippen LogP) is 3.57. The Kier molecular flexibility index (Phi) is 3.72. The fraction of sp³-hybridized carbons (Fsp3) is 0.235. The second-order valence-electron chi connectivity index (χ2n) is 5.30. The number of methoxy groups -OCH3 is 1. The van der Waals surface area contributed by atoms with Crippen LogP contribution in [0.25, 0.3) is 0 Å². The van der Waals surface area contributed by atoms with Crippen molar-refractivity contribution in [1.29, 1.82) is 0 Å². The average molecular weight is 346 g/mol. The van der Waals surface area contributed by atoms with Gasteiger partial charge >= 0.3 is 5.97 Å². The molecule has 0 saturated carbocycles. The minimum Gasteiger partial charge on any atom is -0.467 e. The standard InChI is InChI=1S/C17H16BrNO2/c1-21-16(20)17(19-15-9-5-4-8-14(15)18)10-12-6-2-3-7-13(12)11-17/h2-9,19H,10-11H2,1H3. The van der Waals surface area contributed by atoms with Crippen LogP contribution in [0.3, 0.4) is 0 Å². The van der Waals surface area contributed by atoms with E-state index in [9.17, 15) is 4.79 Å². The van der Waals surface area contributed by atoms with Gasteiger partial charge in [0, 0.05) is 23.0 Å². The predicted molar refractivity (Wildman–Crippen MR) is 86.4 cm³/mol. The molecular weight excluding hydrogens is 330 g/mol. The summed E-state index contributed by atoms with van der Waals surface area (Å²) in [6.45, 7) is 0. The summed E-state index contributed by atoms with van der Waals surface area (Å²) < 4.78 is 6.00. The monoisotopic (exact) mass is 345 g/mol. The number of para-hydroxylation sites is 1. The molecule has 4 heteroatoms. The van der Waals surface area contributed by atoms with Gasteiger partial charge in [-0.2, -0.15) is 0 Å². The van der Waals surface area contributed by atoms with Crippen molar-refractivity contribution in [3.63, 3.8) is 0 Å². The highest BCUT2D eigenvalue weighted by molar-refractivity contribution is 9.10. The second-order valence-corrected chi connectivity index (χ2v) is 6.16. The van der Waals surface area contributed by atoms with E-state index in [1.807, 2.05) is 36.4 Å². The molecule has 2 aromatic rings. The van der Waals surface area contributed by atoms with Crippen molar-refractivity contribution in [2.24, 2.45) is 0 Å². The molecule has 0 heterocycles. The third-order valence-corrected chi connectivity index (χ3v) is 4.62. The number of rotatable bonds is 3. The van der Waals surface area contributed by atoms with Crippen molar-refractivity contribution in [3.8, 4) is 0 Å². The first-order valence-electron chi connectivity index (χ1n) is 6.82. The fourth-order valence-corrected chi connectivity index (χ4v) is 3.30. The molecule has 0 amide bonds. The van der Waals surface area contributed by atoms with Gasteiger partial charge in [-0.3, -0.25) is 0 Å². The highest BCUT2D eigenvalue weighted by Gasteiger charge is 2.45. The topological polar surface area (TPSA) is 38.3 Å². The molecule has 3 rings (SSSR count). The Bertz CT molecular complexity index is 659. The molecule has 1 N–H and O–H groups in total. The van der Waals surface area contributed by atoms with Gasteiger partial charge in [0.1, 0.15) is 5.54 Å². The zero-order valence-corrected chi connectivity index (χ0v) is 13.3. The van der Waals surface area contributed by atoms with Crippen LogP contribution in [0.15, 0.2) is 53.0 Å². The number of carbonyl (C=O) groups excluding carboxylic acids is 1. The number of benzene rings is 2. The molecule has 0 saturated heterocycles. The smallest absolute Gasteiger partial charge is 0.332 e. The van der Waals surface area contributed by atoms with E-state index in [4.69, 9.17) is 4.74 Å². The number of nitrogens with one attached hydrogen (secondary N) is 1. The molecule has 0 spiro atoms. The Morgan fingerprint density at radius 3 is 2.24 bits per heavy atom. The third kappa shape index (κ3) is 2.56. The summed E-state index contributed by atoms with van der Waals surface area (Å²) in [4.78, 5) is 12.4. The molecule has 21 heavy (non-hydrogen) atoms. The SMILES string of the molecule is COC(=O)C1(Nc2ccccc2Br)Cc2ccccc2C1. The lowest BCUT2D eigenvalue weighted by Crippen LogP contribution is -2.48. The Morgan fingerprint density at radius 1 is 1.10 bits per heavy atom. The average Bonchev–Trinajstić information content (AvgIpc) is 2.88. The highest BCUT2D eigenvalue weighted by Crippen LogP contribution is 2.35. The number of halogens is 1. The molecule has 0 unspecified atom stereocenters. The van der Waals surface area contributed by atoms with Crippen LogP contribution in [0.5, 0.6) is 0 Å². The molecular formula is C17H16BrNO2. The zero-order chi connectivity index (χ0) is 14.9. The zero-order valence-electron chi connectivity index (χ0n) is 11.7. The van der Waals surface area contributed by atoms with Crippen LogP contribution in [0.2, 0.25) is 0 Å². The summed E-state index contributed by atoms with van der Waals surface area (Å²) in [6.07, 6.45) is 1.27. The summed E-state index contributed by atoms with van der Waals surface area (Å²) in [7, 11) is 1.44. The lowest BCUT2D eigenvalue weighted by atomic mass is 9.95. The van der Waals surface area contributed by atoms with E-state index >= 15 is 0 Å². The lowest BCUT2D eigenvalue weighted by Gasteiger charge is -2.29. The van der Waals surface area contributed by atoms with Gasteiger partial charge < -0.3 is 10.1 Å². The molecule has 3 nitrogen and oxygen atoms in total. The van der Waals surface area contributed by atoms with Crippen LogP contribution >= 0.6 is 15.9 Å². The van der Waals surface area contributed by atoms with Crippen LogP contribution < -0.4 is 5.32 Å². The van der Waals surface area contributed by atoms with Gasteiger partial charge in [-0.05, 0) is 39.2 Å². The van der Waals surface area contributed by atoms with Gasteiger partial charge in [-0.25, -0.2) is 4.79 Å².